The summed E-state index contributed by atoms with van der Waals surface area (Å²) in [6.45, 7) is 5.10. The molecule has 0 heterocycles. The van der Waals surface area contributed by atoms with Gasteiger partial charge in [-0.1, -0.05) is 32.0 Å². The van der Waals surface area contributed by atoms with E-state index >= 15 is 0 Å². The number of carbonyl (C=O) groups excluding carboxylic acids is 1. The maximum Gasteiger partial charge on any atom is 0.326 e. The number of benzene rings is 1. The Morgan fingerprint density at radius 2 is 1.81 bits per heavy atom. The zero-order chi connectivity index (χ0) is 16.2. The molecule has 21 heavy (non-hydrogen) atoms. The van der Waals surface area contributed by atoms with Crippen LogP contribution in [0, 0.1) is 11.7 Å². The molecular formula is C15H21FN2O3. The van der Waals surface area contributed by atoms with Gasteiger partial charge in [-0.05, 0) is 18.9 Å². The number of carboxylic acids is 1. The fourth-order valence-corrected chi connectivity index (χ4v) is 1.95. The van der Waals surface area contributed by atoms with Gasteiger partial charge in [-0.15, -0.1) is 0 Å². The van der Waals surface area contributed by atoms with Crippen LogP contribution in [0.25, 0.3) is 0 Å². The fourth-order valence-electron chi connectivity index (χ4n) is 1.95. The van der Waals surface area contributed by atoms with Crippen molar-refractivity contribution in [3.8, 4) is 0 Å². The largest absolute Gasteiger partial charge is 0.480 e. The highest BCUT2D eigenvalue weighted by Gasteiger charge is 2.27. The lowest BCUT2D eigenvalue weighted by Crippen LogP contribution is -2.49. The van der Waals surface area contributed by atoms with Crippen molar-refractivity contribution in [1.82, 2.24) is 10.2 Å². The lowest BCUT2D eigenvalue weighted by atomic mass is 10.0. The summed E-state index contributed by atoms with van der Waals surface area (Å²) in [6, 6.07) is 4.15. The van der Waals surface area contributed by atoms with E-state index in [1.165, 1.54) is 18.0 Å². The highest BCUT2D eigenvalue weighted by atomic mass is 19.1. The SMILES string of the molecule is CC(C)[C@@H](NC(=O)N(C)C(C)c1ccccc1F)C(=O)O. The molecule has 2 amide bonds. The van der Waals surface area contributed by atoms with E-state index in [-0.39, 0.29) is 5.92 Å². The van der Waals surface area contributed by atoms with Crippen molar-refractivity contribution in [3.05, 3.63) is 35.6 Å². The van der Waals surface area contributed by atoms with Gasteiger partial charge in [0.2, 0.25) is 0 Å². The summed E-state index contributed by atoms with van der Waals surface area (Å²) in [6.07, 6.45) is 0. The number of hydrogen-bond donors (Lipinski definition) is 2. The quantitative estimate of drug-likeness (QED) is 0.877. The minimum absolute atomic E-state index is 0.247. The van der Waals surface area contributed by atoms with Crippen molar-refractivity contribution in [2.45, 2.75) is 32.9 Å². The lowest BCUT2D eigenvalue weighted by molar-refractivity contribution is -0.140. The Bertz CT molecular complexity index is 519. The van der Waals surface area contributed by atoms with Crippen molar-refractivity contribution < 1.29 is 19.1 Å². The Morgan fingerprint density at radius 1 is 1.24 bits per heavy atom. The number of carboxylic acid groups (broad SMARTS) is 1. The molecule has 0 aliphatic rings. The summed E-state index contributed by atoms with van der Waals surface area (Å²) in [4.78, 5) is 24.5. The molecular weight excluding hydrogens is 275 g/mol. The van der Waals surface area contributed by atoms with Crippen LogP contribution in [0.2, 0.25) is 0 Å². The van der Waals surface area contributed by atoms with E-state index in [0.29, 0.717) is 5.56 Å². The number of urea groups is 1. The van der Waals surface area contributed by atoms with Crippen LogP contribution in [0.1, 0.15) is 32.4 Å². The molecule has 6 heteroatoms. The molecule has 116 valence electrons. The van der Waals surface area contributed by atoms with Gasteiger partial charge in [0.15, 0.2) is 0 Å². The smallest absolute Gasteiger partial charge is 0.326 e. The van der Waals surface area contributed by atoms with Crippen LogP contribution < -0.4 is 5.32 Å². The average molecular weight is 296 g/mol. The van der Waals surface area contributed by atoms with Crippen LogP contribution in [-0.2, 0) is 4.79 Å². The molecule has 2 N–H and O–H groups in total. The highest BCUT2D eigenvalue weighted by molar-refractivity contribution is 5.82. The molecule has 0 spiro atoms. The molecule has 0 aliphatic heterocycles. The molecule has 1 unspecified atom stereocenters. The molecule has 0 aliphatic carbocycles. The van der Waals surface area contributed by atoms with Crippen LogP contribution in [-0.4, -0.2) is 35.1 Å². The predicted molar refractivity (Wildman–Crippen MR) is 77.4 cm³/mol. The molecule has 5 nitrogen and oxygen atoms in total. The van der Waals surface area contributed by atoms with Gasteiger partial charge in [-0.25, -0.2) is 14.0 Å². The maximum atomic E-state index is 13.7. The Labute approximate surface area is 123 Å². The van der Waals surface area contributed by atoms with Gasteiger partial charge >= 0.3 is 12.0 Å². The Morgan fingerprint density at radius 3 is 2.29 bits per heavy atom. The van der Waals surface area contributed by atoms with E-state index in [0.717, 1.165) is 0 Å². The highest BCUT2D eigenvalue weighted by Crippen LogP contribution is 2.21. The van der Waals surface area contributed by atoms with E-state index in [4.69, 9.17) is 5.11 Å². The molecule has 0 bridgehead atoms. The summed E-state index contributed by atoms with van der Waals surface area (Å²) in [5.41, 5.74) is 0.381. The van der Waals surface area contributed by atoms with E-state index in [1.54, 1.807) is 39.0 Å². The number of hydrogen-bond acceptors (Lipinski definition) is 2. The molecule has 1 aromatic carbocycles. The first-order valence-electron chi connectivity index (χ1n) is 6.76. The molecule has 1 rings (SSSR count). The lowest BCUT2D eigenvalue weighted by Gasteiger charge is -2.28. The Kier molecular flexibility index (Phi) is 5.69. The third-order valence-electron chi connectivity index (χ3n) is 3.47. The first kappa shape index (κ1) is 16.9. The van der Waals surface area contributed by atoms with Crippen molar-refractivity contribution >= 4 is 12.0 Å². The summed E-state index contributed by atoms with van der Waals surface area (Å²) >= 11 is 0. The minimum atomic E-state index is -1.09. The number of halogens is 1. The number of rotatable bonds is 5. The second-order valence-electron chi connectivity index (χ2n) is 5.32. The fraction of sp³-hybridized carbons (Fsp3) is 0.467. The molecule has 2 atom stereocenters. The maximum absolute atomic E-state index is 13.7. The molecule has 0 radical (unpaired) electrons. The van der Waals surface area contributed by atoms with E-state index < -0.39 is 29.9 Å². The zero-order valence-corrected chi connectivity index (χ0v) is 12.6. The standard InChI is InChI=1S/C15H21FN2O3/c1-9(2)13(14(19)20)17-15(21)18(4)10(3)11-7-5-6-8-12(11)16/h5-10,13H,1-4H3,(H,17,21)(H,19,20)/t10?,13-/m1/s1. The number of amides is 2. The van der Waals surface area contributed by atoms with E-state index in [2.05, 4.69) is 5.32 Å². The van der Waals surface area contributed by atoms with Crippen molar-refractivity contribution in [2.75, 3.05) is 7.05 Å². The third-order valence-corrected chi connectivity index (χ3v) is 3.47. The third kappa shape index (κ3) is 4.18. The van der Waals surface area contributed by atoms with Crippen molar-refractivity contribution in [1.29, 1.82) is 0 Å². The molecule has 0 saturated carbocycles. The first-order chi connectivity index (χ1) is 9.75. The number of carbonyl (C=O) groups is 2. The zero-order valence-electron chi connectivity index (χ0n) is 12.6. The van der Waals surface area contributed by atoms with Crippen LogP contribution in [0.15, 0.2) is 24.3 Å². The number of nitrogens with zero attached hydrogens (tertiary/aromatic N) is 1. The van der Waals surface area contributed by atoms with Gasteiger partial charge in [-0.3, -0.25) is 0 Å². The monoisotopic (exact) mass is 296 g/mol. The van der Waals surface area contributed by atoms with Gasteiger partial charge in [-0.2, -0.15) is 0 Å². The summed E-state index contributed by atoms with van der Waals surface area (Å²) < 4.78 is 13.7. The average Bonchev–Trinajstić information content (AvgIpc) is 2.42. The first-order valence-corrected chi connectivity index (χ1v) is 6.76. The second kappa shape index (κ2) is 7.06. The Hall–Kier alpha value is -2.11. The van der Waals surface area contributed by atoms with Gasteiger partial charge in [0.25, 0.3) is 0 Å². The van der Waals surface area contributed by atoms with Crippen LogP contribution in [0.5, 0.6) is 0 Å². The predicted octanol–water partition coefficient (Wildman–Crippen LogP) is 2.64. The van der Waals surface area contributed by atoms with Crippen molar-refractivity contribution in [3.63, 3.8) is 0 Å². The second-order valence-corrected chi connectivity index (χ2v) is 5.32. The summed E-state index contributed by atoms with van der Waals surface area (Å²) in [5.74, 6) is -1.74. The van der Waals surface area contributed by atoms with Gasteiger partial charge in [0, 0.05) is 12.6 Å². The number of nitrogens with one attached hydrogen (secondary N) is 1. The normalized spacial score (nSPS) is 13.6. The topological polar surface area (TPSA) is 69.6 Å². The van der Waals surface area contributed by atoms with Gasteiger partial charge in [0.05, 0.1) is 6.04 Å². The number of aliphatic carboxylic acids is 1. The minimum Gasteiger partial charge on any atom is -0.480 e. The molecule has 0 saturated heterocycles. The van der Waals surface area contributed by atoms with Crippen LogP contribution >= 0.6 is 0 Å². The van der Waals surface area contributed by atoms with E-state index in [1.807, 2.05) is 0 Å². The van der Waals surface area contributed by atoms with Crippen LogP contribution in [0.4, 0.5) is 9.18 Å². The summed E-state index contributed by atoms with van der Waals surface area (Å²) in [5, 5.41) is 11.5. The van der Waals surface area contributed by atoms with Gasteiger partial charge in [0.1, 0.15) is 11.9 Å². The Balaban J connectivity index is 2.83. The molecule has 0 aromatic heterocycles. The summed E-state index contributed by atoms with van der Waals surface area (Å²) in [7, 11) is 1.51. The molecule has 0 fully saturated rings. The van der Waals surface area contributed by atoms with Gasteiger partial charge < -0.3 is 15.3 Å². The van der Waals surface area contributed by atoms with E-state index in [9.17, 15) is 14.0 Å². The molecule has 1 aromatic rings. The van der Waals surface area contributed by atoms with Crippen LogP contribution in [0.3, 0.4) is 0 Å². The van der Waals surface area contributed by atoms with Crippen molar-refractivity contribution in [2.24, 2.45) is 5.92 Å².